The Morgan fingerprint density at radius 2 is 1.80 bits per heavy atom. The summed E-state index contributed by atoms with van der Waals surface area (Å²) in [4.78, 5) is 4.47. The highest BCUT2D eigenvalue weighted by atomic mass is 16.5. The Kier molecular flexibility index (Phi) is 4.90. The Balaban J connectivity index is 2.87. The number of ether oxygens (including phenoxy) is 1. The molecule has 20 heavy (non-hydrogen) atoms. The quantitative estimate of drug-likeness (QED) is 0.852. The molecule has 1 rings (SSSR count). The lowest BCUT2D eigenvalue weighted by atomic mass is 9.82. The first kappa shape index (κ1) is 16.6. The van der Waals surface area contributed by atoms with Gasteiger partial charge in [0.05, 0.1) is 11.8 Å². The number of aromatic nitrogens is 1. The van der Waals surface area contributed by atoms with E-state index in [0.717, 1.165) is 12.2 Å². The monoisotopic (exact) mass is 279 g/mol. The van der Waals surface area contributed by atoms with Gasteiger partial charge in [0.25, 0.3) is 0 Å². The average Bonchev–Trinajstić information content (AvgIpc) is 2.18. The van der Waals surface area contributed by atoms with Gasteiger partial charge in [0, 0.05) is 5.54 Å². The van der Waals surface area contributed by atoms with Crippen molar-refractivity contribution in [3.63, 3.8) is 0 Å². The summed E-state index contributed by atoms with van der Waals surface area (Å²) < 4.78 is 5.62. The predicted octanol–water partition coefficient (Wildman–Crippen LogP) is 4.08. The van der Waals surface area contributed by atoms with Gasteiger partial charge in [0.2, 0.25) is 5.88 Å². The van der Waals surface area contributed by atoms with Crippen LogP contribution in [0.25, 0.3) is 0 Å². The Morgan fingerprint density at radius 1 is 1.20 bits per heavy atom. The first-order chi connectivity index (χ1) is 8.98. The number of nitrogens with zero attached hydrogens (tertiary/aromatic N) is 1. The summed E-state index contributed by atoms with van der Waals surface area (Å²) in [5.41, 5.74) is 6.66. The van der Waals surface area contributed by atoms with E-state index in [0.29, 0.717) is 11.6 Å². The van der Waals surface area contributed by atoms with Crippen molar-refractivity contribution in [1.29, 1.82) is 0 Å². The average molecular weight is 279 g/mol. The van der Waals surface area contributed by atoms with E-state index in [1.54, 1.807) is 0 Å². The third-order valence-electron chi connectivity index (χ3n) is 2.68. The van der Waals surface area contributed by atoms with E-state index in [2.05, 4.69) is 44.9 Å². The fourth-order valence-corrected chi connectivity index (χ4v) is 2.56. The van der Waals surface area contributed by atoms with E-state index < -0.39 is 0 Å². The second kappa shape index (κ2) is 5.90. The molecule has 0 saturated heterocycles. The van der Waals surface area contributed by atoms with Crippen LogP contribution in [0.2, 0.25) is 0 Å². The van der Waals surface area contributed by atoms with E-state index >= 15 is 0 Å². The highest BCUT2D eigenvalue weighted by Crippen LogP contribution is 2.30. The molecule has 0 fully saturated rings. The van der Waals surface area contributed by atoms with Gasteiger partial charge in [-0.25, -0.2) is 0 Å². The van der Waals surface area contributed by atoms with Gasteiger partial charge in [-0.05, 0) is 51.7 Å². The van der Waals surface area contributed by atoms with Crippen LogP contribution in [0.4, 0.5) is 11.5 Å². The van der Waals surface area contributed by atoms with Gasteiger partial charge >= 0.3 is 0 Å². The molecule has 0 aliphatic rings. The predicted molar refractivity (Wildman–Crippen MR) is 86.2 cm³/mol. The summed E-state index contributed by atoms with van der Waals surface area (Å²) in [7, 11) is 0. The molecule has 4 heteroatoms. The summed E-state index contributed by atoms with van der Waals surface area (Å²) >= 11 is 0. The summed E-state index contributed by atoms with van der Waals surface area (Å²) in [6.07, 6.45) is 1.09. The molecule has 0 atom stereocenters. The number of nitrogen functional groups attached to an aromatic ring is 1. The van der Waals surface area contributed by atoms with Gasteiger partial charge in [0.15, 0.2) is 0 Å². The molecule has 1 heterocycles. The Bertz CT molecular complexity index is 448. The molecule has 0 radical (unpaired) electrons. The molecule has 3 N–H and O–H groups in total. The lowest BCUT2D eigenvalue weighted by molar-refractivity contribution is 0.234. The topological polar surface area (TPSA) is 60.2 Å². The minimum absolute atomic E-state index is 0.0452. The summed E-state index contributed by atoms with van der Waals surface area (Å²) in [5, 5.41) is 3.47. The molecule has 4 nitrogen and oxygen atoms in total. The van der Waals surface area contributed by atoms with Gasteiger partial charge in [-0.2, -0.15) is 4.98 Å². The van der Waals surface area contributed by atoms with Crippen LogP contribution in [0.5, 0.6) is 5.88 Å². The molecule has 0 aliphatic heterocycles. The lowest BCUT2D eigenvalue weighted by Crippen LogP contribution is -2.35. The molecule has 0 amide bonds. The van der Waals surface area contributed by atoms with Crippen LogP contribution in [-0.2, 0) is 0 Å². The van der Waals surface area contributed by atoms with Crippen LogP contribution in [0.3, 0.4) is 0 Å². The third-order valence-corrected chi connectivity index (χ3v) is 2.68. The van der Waals surface area contributed by atoms with Crippen molar-refractivity contribution in [3.8, 4) is 5.88 Å². The summed E-state index contributed by atoms with van der Waals surface area (Å²) in [6, 6.07) is 3.73. The third kappa shape index (κ3) is 5.68. The van der Waals surface area contributed by atoms with Gasteiger partial charge in [-0.1, -0.05) is 20.8 Å². The number of nitrogens with one attached hydrogen (secondary N) is 1. The van der Waals surface area contributed by atoms with Crippen molar-refractivity contribution in [2.45, 2.75) is 66.5 Å². The highest BCUT2D eigenvalue weighted by Gasteiger charge is 2.25. The zero-order valence-corrected chi connectivity index (χ0v) is 13.9. The molecular formula is C16H29N3O. The molecule has 0 bridgehead atoms. The van der Waals surface area contributed by atoms with Gasteiger partial charge in [0.1, 0.15) is 5.82 Å². The molecule has 0 saturated carbocycles. The summed E-state index contributed by atoms with van der Waals surface area (Å²) in [5.74, 6) is 1.29. The van der Waals surface area contributed by atoms with Crippen molar-refractivity contribution in [2.24, 2.45) is 5.41 Å². The maximum Gasteiger partial charge on any atom is 0.239 e. The number of anilines is 2. The molecule has 1 aromatic heterocycles. The van der Waals surface area contributed by atoms with E-state index in [9.17, 15) is 0 Å². The largest absolute Gasteiger partial charge is 0.473 e. The van der Waals surface area contributed by atoms with E-state index in [-0.39, 0.29) is 17.1 Å². The van der Waals surface area contributed by atoms with Crippen LogP contribution < -0.4 is 15.8 Å². The SMILES string of the molecule is CC(C)Oc1nc(NC(C)(C)CC(C)(C)C)ccc1N. The zero-order chi connectivity index (χ0) is 15.6. The summed E-state index contributed by atoms with van der Waals surface area (Å²) in [6.45, 7) is 15.0. The van der Waals surface area contributed by atoms with Gasteiger partial charge < -0.3 is 15.8 Å². The minimum Gasteiger partial charge on any atom is -0.473 e. The standard InChI is InChI=1S/C16H29N3O/c1-11(2)20-14-12(17)8-9-13(18-14)19-16(6,7)10-15(3,4)5/h8-9,11H,10,17H2,1-7H3,(H,18,19). The number of pyridine rings is 1. The van der Waals surface area contributed by atoms with Crippen LogP contribution in [0.15, 0.2) is 12.1 Å². The molecule has 1 aromatic rings. The van der Waals surface area contributed by atoms with Crippen molar-refractivity contribution in [1.82, 2.24) is 4.98 Å². The fraction of sp³-hybridized carbons (Fsp3) is 0.688. The van der Waals surface area contributed by atoms with Crippen molar-refractivity contribution >= 4 is 11.5 Å². The van der Waals surface area contributed by atoms with Crippen molar-refractivity contribution in [3.05, 3.63) is 12.1 Å². The molecule has 0 aromatic carbocycles. The Labute approximate surface area is 123 Å². The first-order valence-corrected chi connectivity index (χ1v) is 7.20. The normalized spacial score (nSPS) is 12.6. The van der Waals surface area contributed by atoms with Gasteiger partial charge in [-0.15, -0.1) is 0 Å². The second-order valence-corrected chi connectivity index (χ2v) is 7.50. The first-order valence-electron chi connectivity index (χ1n) is 7.20. The number of hydrogen-bond donors (Lipinski definition) is 2. The van der Waals surface area contributed by atoms with Crippen LogP contribution in [-0.4, -0.2) is 16.6 Å². The number of rotatable bonds is 5. The Hall–Kier alpha value is -1.45. The van der Waals surface area contributed by atoms with Crippen LogP contribution >= 0.6 is 0 Å². The molecule has 114 valence electrons. The molecule has 0 unspecified atom stereocenters. The zero-order valence-electron chi connectivity index (χ0n) is 13.9. The number of hydrogen-bond acceptors (Lipinski definition) is 4. The maximum atomic E-state index is 5.89. The van der Waals surface area contributed by atoms with Crippen molar-refractivity contribution < 1.29 is 4.74 Å². The highest BCUT2D eigenvalue weighted by molar-refractivity contribution is 5.54. The molecule has 0 spiro atoms. The molecule has 0 aliphatic carbocycles. The number of nitrogens with two attached hydrogens (primary N) is 1. The molecular weight excluding hydrogens is 250 g/mol. The van der Waals surface area contributed by atoms with Crippen molar-refractivity contribution in [2.75, 3.05) is 11.1 Å². The minimum atomic E-state index is -0.0452. The maximum absolute atomic E-state index is 5.89. The van der Waals surface area contributed by atoms with Crippen LogP contribution in [0, 0.1) is 5.41 Å². The Morgan fingerprint density at radius 3 is 2.30 bits per heavy atom. The van der Waals surface area contributed by atoms with Crippen LogP contribution in [0.1, 0.15) is 54.9 Å². The van der Waals surface area contributed by atoms with E-state index in [1.807, 2.05) is 26.0 Å². The smallest absolute Gasteiger partial charge is 0.239 e. The lowest BCUT2D eigenvalue weighted by Gasteiger charge is -2.33. The second-order valence-electron chi connectivity index (χ2n) is 7.50. The van der Waals surface area contributed by atoms with E-state index in [4.69, 9.17) is 10.5 Å². The fourth-order valence-electron chi connectivity index (χ4n) is 2.56. The van der Waals surface area contributed by atoms with Gasteiger partial charge in [-0.3, -0.25) is 0 Å². The van der Waals surface area contributed by atoms with E-state index in [1.165, 1.54) is 0 Å².